The van der Waals surface area contributed by atoms with Crippen LogP contribution in [0.5, 0.6) is 0 Å². The van der Waals surface area contributed by atoms with Crippen LogP contribution in [0.4, 0.5) is 0 Å². The minimum Gasteiger partial charge on any atom is -0.289 e. The van der Waals surface area contributed by atoms with Crippen LogP contribution in [0, 0.1) is 5.41 Å². The van der Waals surface area contributed by atoms with Crippen LogP contribution < -0.4 is 0 Å². The summed E-state index contributed by atoms with van der Waals surface area (Å²) in [5.74, 6) is 0.0953. The molecule has 0 aliphatic heterocycles. The van der Waals surface area contributed by atoms with Crippen molar-refractivity contribution in [2.75, 3.05) is 0 Å². The molecule has 0 spiro atoms. The number of allylic oxidation sites excluding steroid dienone is 12. The quantitative estimate of drug-likeness (QED) is 0.708. The second kappa shape index (κ2) is 5.40. The van der Waals surface area contributed by atoms with Gasteiger partial charge in [0.05, 0.1) is 0 Å². The Bertz CT molecular complexity index is 560. The van der Waals surface area contributed by atoms with Crippen molar-refractivity contribution >= 4 is 5.78 Å². The van der Waals surface area contributed by atoms with Crippen LogP contribution in [-0.4, -0.2) is 5.78 Å². The molecule has 0 aromatic heterocycles. The van der Waals surface area contributed by atoms with Crippen LogP contribution in [0.1, 0.15) is 27.2 Å². The van der Waals surface area contributed by atoms with E-state index in [0.717, 1.165) is 17.6 Å². The van der Waals surface area contributed by atoms with Crippen molar-refractivity contribution in [3.05, 3.63) is 71.4 Å². The Kier molecular flexibility index (Phi) is 3.84. The van der Waals surface area contributed by atoms with Gasteiger partial charge in [0.15, 0.2) is 5.78 Å². The van der Waals surface area contributed by atoms with Crippen molar-refractivity contribution in [3.63, 3.8) is 0 Å². The fourth-order valence-corrected chi connectivity index (χ4v) is 2.02. The number of Topliss-reactive ketones (excluding diaryl/α,β-unsaturated/α-hetero) is 1. The molecule has 0 aromatic rings. The fourth-order valence-electron chi connectivity index (χ4n) is 2.02. The van der Waals surface area contributed by atoms with Gasteiger partial charge in [-0.05, 0) is 13.3 Å². The number of hydrogen-bond acceptors (Lipinski definition) is 1. The second-order valence-electron chi connectivity index (χ2n) is 5.70. The highest BCUT2D eigenvalue weighted by Crippen LogP contribution is 2.24. The van der Waals surface area contributed by atoms with E-state index >= 15 is 0 Å². The molecule has 0 N–H and O–H groups in total. The third-order valence-electron chi connectivity index (χ3n) is 3.32. The molecule has 2 aliphatic carbocycles. The molecule has 0 saturated heterocycles. The van der Waals surface area contributed by atoms with Gasteiger partial charge in [0.25, 0.3) is 0 Å². The Hall–Kier alpha value is -1.89. The van der Waals surface area contributed by atoms with Crippen molar-refractivity contribution in [3.8, 4) is 0 Å². The smallest absolute Gasteiger partial charge is 0.192 e. The van der Waals surface area contributed by atoms with E-state index in [0.29, 0.717) is 0 Å². The summed E-state index contributed by atoms with van der Waals surface area (Å²) in [5.41, 5.74) is 2.80. The van der Waals surface area contributed by atoms with E-state index in [1.807, 2.05) is 36.5 Å². The topological polar surface area (TPSA) is 17.1 Å². The van der Waals surface area contributed by atoms with Crippen LogP contribution in [0.15, 0.2) is 71.4 Å². The molecule has 1 nitrogen and oxygen atoms in total. The van der Waals surface area contributed by atoms with Gasteiger partial charge in [-0.3, -0.25) is 4.79 Å². The molecule has 0 saturated carbocycles. The van der Waals surface area contributed by atoms with Crippen molar-refractivity contribution in [2.24, 2.45) is 5.41 Å². The van der Waals surface area contributed by atoms with Crippen molar-refractivity contribution in [2.45, 2.75) is 27.2 Å². The first-order valence-corrected chi connectivity index (χ1v) is 6.65. The van der Waals surface area contributed by atoms with Crippen LogP contribution in [-0.2, 0) is 4.79 Å². The van der Waals surface area contributed by atoms with Crippen LogP contribution in [0.3, 0.4) is 0 Å². The summed E-state index contributed by atoms with van der Waals surface area (Å²) in [7, 11) is 0. The third kappa shape index (κ3) is 3.54. The highest BCUT2D eigenvalue weighted by atomic mass is 16.1. The molecule has 0 atom stereocenters. The maximum absolute atomic E-state index is 12.5. The van der Waals surface area contributed by atoms with Crippen LogP contribution in [0.25, 0.3) is 0 Å². The molecule has 0 radical (unpaired) electrons. The van der Waals surface area contributed by atoms with Gasteiger partial charge in [-0.1, -0.05) is 74.1 Å². The van der Waals surface area contributed by atoms with Gasteiger partial charge in [-0.2, -0.15) is 0 Å². The van der Waals surface area contributed by atoms with E-state index in [1.165, 1.54) is 5.57 Å². The summed E-state index contributed by atoms with van der Waals surface area (Å²) in [4.78, 5) is 12.5. The number of rotatable bonds is 2. The molecule has 0 aromatic carbocycles. The lowest BCUT2D eigenvalue weighted by Gasteiger charge is -2.12. The van der Waals surface area contributed by atoms with Gasteiger partial charge in [0, 0.05) is 16.6 Å². The molecule has 1 heteroatoms. The van der Waals surface area contributed by atoms with Gasteiger partial charge in [-0.25, -0.2) is 0 Å². The molecule has 0 amide bonds. The maximum Gasteiger partial charge on any atom is 0.192 e. The minimum atomic E-state index is 0.00431. The van der Waals surface area contributed by atoms with Crippen LogP contribution >= 0.6 is 0 Å². The van der Waals surface area contributed by atoms with E-state index in [2.05, 4.69) is 39.0 Å². The molecule has 0 heterocycles. The van der Waals surface area contributed by atoms with E-state index in [1.54, 1.807) is 0 Å². The van der Waals surface area contributed by atoms with Crippen molar-refractivity contribution in [1.29, 1.82) is 0 Å². The van der Waals surface area contributed by atoms with E-state index in [9.17, 15) is 4.79 Å². The summed E-state index contributed by atoms with van der Waals surface area (Å²) < 4.78 is 0. The molecular weight excluding hydrogens is 232 g/mol. The number of carbonyl (C=O) groups excluding carboxylic acids is 1. The molecule has 98 valence electrons. The lowest BCUT2D eigenvalue weighted by atomic mass is 9.92. The molecular formula is C18H20O. The predicted octanol–water partition coefficient (Wildman–Crippen LogP) is 4.47. The Morgan fingerprint density at radius 3 is 2.63 bits per heavy atom. The summed E-state index contributed by atoms with van der Waals surface area (Å²) in [5, 5.41) is 0. The lowest BCUT2D eigenvalue weighted by molar-refractivity contribution is -0.111. The minimum absolute atomic E-state index is 0.00431. The SMILES string of the molecule is CC1=CC=CC(C(=O)C2=CC=CC(C)(C)C=C2)=CC1. The van der Waals surface area contributed by atoms with Gasteiger partial charge in [0.2, 0.25) is 0 Å². The Morgan fingerprint density at radius 1 is 1.05 bits per heavy atom. The first-order valence-electron chi connectivity index (χ1n) is 6.65. The average molecular weight is 252 g/mol. The second-order valence-corrected chi connectivity index (χ2v) is 5.70. The maximum atomic E-state index is 12.5. The fraction of sp³-hybridized carbons (Fsp3) is 0.278. The standard InChI is InChI=1S/C18H20O/c1-14-6-4-7-15(10-9-14)17(19)16-8-5-12-18(2,3)13-11-16/h4-8,10-13H,9H2,1-3H3. The van der Waals surface area contributed by atoms with Crippen molar-refractivity contribution < 1.29 is 4.79 Å². The van der Waals surface area contributed by atoms with Gasteiger partial charge in [0.1, 0.15) is 0 Å². The molecule has 0 unspecified atom stereocenters. The van der Waals surface area contributed by atoms with Gasteiger partial charge in [-0.15, -0.1) is 0 Å². The summed E-state index contributed by atoms with van der Waals surface area (Å²) in [6, 6.07) is 0. The molecule has 19 heavy (non-hydrogen) atoms. The summed E-state index contributed by atoms with van der Waals surface area (Å²) in [6.45, 7) is 6.32. The molecule has 2 aliphatic rings. The first kappa shape index (κ1) is 13.5. The Morgan fingerprint density at radius 2 is 1.84 bits per heavy atom. The monoisotopic (exact) mass is 252 g/mol. The van der Waals surface area contributed by atoms with Gasteiger partial charge < -0.3 is 0 Å². The number of ketones is 1. The number of carbonyl (C=O) groups is 1. The zero-order valence-electron chi connectivity index (χ0n) is 11.8. The third-order valence-corrected chi connectivity index (χ3v) is 3.32. The molecule has 0 fully saturated rings. The Balaban J connectivity index is 2.22. The van der Waals surface area contributed by atoms with E-state index < -0.39 is 0 Å². The van der Waals surface area contributed by atoms with Gasteiger partial charge >= 0.3 is 0 Å². The highest BCUT2D eigenvalue weighted by molar-refractivity contribution is 6.12. The normalized spacial score (nSPS) is 21.1. The first-order chi connectivity index (χ1) is 8.98. The zero-order chi connectivity index (χ0) is 13.9. The molecule has 0 bridgehead atoms. The van der Waals surface area contributed by atoms with E-state index in [-0.39, 0.29) is 11.2 Å². The van der Waals surface area contributed by atoms with Crippen LogP contribution in [0.2, 0.25) is 0 Å². The average Bonchev–Trinajstić information content (AvgIpc) is 2.66. The summed E-state index contributed by atoms with van der Waals surface area (Å²) in [6.07, 6.45) is 18.7. The molecule has 2 rings (SSSR count). The predicted molar refractivity (Wildman–Crippen MR) is 80.7 cm³/mol. The highest BCUT2D eigenvalue weighted by Gasteiger charge is 2.15. The van der Waals surface area contributed by atoms with E-state index in [4.69, 9.17) is 0 Å². The number of hydrogen-bond donors (Lipinski definition) is 0. The Labute approximate surface area is 115 Å². The lowest BCUT2D eigenvalue weighted by Crippen LogP contribution is -2.04. The summed E-state index contributed by atoms with van der Waals surface area (Å²) >= 11 is 0. The largest absolute Gasteiger partial charge is 0.289 e. The van der Waals surface area contributed by atoms with Crippen molar-refractivity contribution in [1.82, 2.24) is 0 Å². The zero-order valence-corrected chi connectivity index (χ0v) is 11.8.